The summed E-state index contributed by atoms with van der Waals surface area (Å²) in [5.74, 6) is -0.556. The topological polar surface area (TPSA) is 73.9 Å². The van der Waals surface area contributed by atoms with Gasteiger partial charge in [0.05, 0.1) is 1.37 Å². The first kappa shape index (κ1) is 17.6. The van der Waals surface area contributed by atoms with Crippen molar-refractivity contribution in [3.8, 4) is 0 Å². The van der Waals surface area contributed by atoms with Crippen molar-refractivity contribution < 1.29 is 19.9 Å². The van der Waals surface area contributed by atoms with Gasteiger partial charge in [0.1, 0.15) is 5.76 Å². The van der Waals surface area contributed by atoms with Gasteiger partial charge in [0.2, 0.25) is 0 Å². The molecule has 7 heteroatoms. The Bertz CT molecular complexity index is 789. The number of hydrogen-bond acceptors (Lipinski definition) is 6. The number of nitrogens with one attached hydrogen (secondary N) is 2. The predicted octanol–water partition coefficient (Wildman–Crippen LogP) is 2.69. The lowest BCUT2D eigenvalue weighted by Gasteiger charge is -2.28. The first-order chi connectivity index (χ1) is 15.3. The summed E-state index contributed by atoms with van der Waals surface area (Å²) in [4.78, 5) is 29.7. The van der Waals surface area contributed by atoms with Crippen LogP contribution in [0.3, 0.4) is 0 Å². The molecule has 0 aliphatic carbocycles. The van der Waals surface area contributed by atoms with Crippen LogP contribution in [0, 0.1) is 5.92 Å². The number of hydroxylamine groups is 2. The van der Waals surface area contributed by atoms with Gasteiger partial charge in [0.15, 0.2) is 0 Å². The number of imide groups is 1. The van der Waals surface area contributed by atoms with Gasteiger partial charge in [-0.1, -0.05) is 33.6 Å². The number of hydrogen-bond donors (Lipinski definition) is 2. The van der Waals surface area contributed by atoms with Crippen molar-refractivity contribution in [2.24, 2.45) is 5.92 Å². The molecule has 2 heterocycles. The van der Waals surface area contributed by atoms with Gasteiger partial charge in [0.25, 0.3) is 11.8 Å². The van der Waals surface area contributed by atoms with Crippen molar-refractivity contribution in [1.82, 2.24) is 20.6 Å². The molecule has 162 valence electrons. The molecule has 0 aromatic heterocycles. The highest BCUT2D eigenvalue weighted by Crippen LogP contribution is 2.22. The molecule has 2 aliphatic rings. The molecular weight excluding hydrogens is 368 g/mol. The summed E-state index contributed by atoms with van der Waals surface area (Å²) in [5.41, 5.74) is 1.10. The molecule has 2 N–H and O–H groups in total. The second kappa shape index (κ2) is 11.0. The zero-order valence-electron chi connectivity index (χ0n) is 21.6. The fourth-order valence-electron chi connectivity index (χ4n) is 3.01. The minimum absolute atomic E-state index is 0.125. The van der Waals surface area contributed by atoms with E-state index in [1.807, 2.05) is 13.8 Å². The quantitative estimate of drug-likeness (QED) is 0.361. The lowest BCUT2D eigenvalue weighted by Crippen LogP contribution is -2.38. The van der Waals surface area contributed by atoms with E-state index in [0.29, 0.717) is 37.4 Å². The second-order valence-corrected chi connectivity index (χ2v) is 7.52. The Balaban J connectivity index is 1.75. The van der Waals surface area contributed by atoms with E-state index < -0.39 is 19.0 Å². The summed E-state index contributed by atoms with van der Waals surface area (Å²) in [6.07, 6.45) is 1.66. The van der Waals surface area contributed by atoms with Gasteiger partial charge in [-0.3, -0.25) is 14.5 Å². The smallest absolute Gasteiger partial charge is 0.263 e. The number of carbonyl (C=O) groups is 2. The second-order valence-electron chi connectivity index (χ2n) is 7.52. The molecule has 7 nitrogen and oxygen atoms in total. The highest BCUT2D eigenvalue weighted by Gasteiger charge is 2.31. The van der Waals surface area contributed by atoms with Gasteiger partial charge in [-0.15, -0.1) is 5.06 Å². The van der Waals surface area contributed by atoms with Crippen molar-refractivity contribution in [3.63, 3.8) is 0 Å². The minimum atomic E-state index is -1.73. The third kappa shape index (κ3) is 7.24. The molecule has 0 spiro atoms. The normalized spacial score (nSPS) is 27.1. The van der Waals surface area contributed by atoms with Crippen LogP contribution >= 0.6 is 0 Å². The molecule has 0 aromatic rings. The van der Waals surface area contributed by atoms with E-state index in [1.54, 1.807) is 0 Å². The summed E-state index contributed by atoms with van der Waals surface area (Å²) in [6.45, 7) is 13.7. The Hall–Kier alpha value is -2.28. The minimum Gasteiger partial charge on any atom is -0.388 e. The van der Waals surface area contributed by atoms with E-state index in [9.17, 15) is 9.59 Å². The summed E-state index contributed by atoms with van der Waals surface area (Å²) < 4.78 is 33.8. The molecule has 29 heavy (non-hydrogen) atoms. The van der Waals surface area contributed by atoms with Crippen LogP contribution in [0.25, 0.3) is 0 Å². The van der Waals surface area contributed by atoms with Crippen molar-refractivity contribution in [1.29, 1.82) is 0 Å². The number of carbonyl (C=O) groups excluding carboxylic acids is 2. The van der Waals surface area contributed by atoms with Crippen molar-refractivity contribution in [2.75, 3.05) is 26.1 Å². The fourth-order valence-corrected chi connectivity index (χ4v) is 3.01. The highest BCUT2D eigenvalue weighted by atomic mass is 16.7. The van der Waals surface area contributed by atoms with Crippen LogP contribution in [0.5, 0.6) is 0 Å². The third-order valence-corrected chi connectivity index (χ3v) is 4.50. The Morgan fingerprint density at radius 3 is 2.55 bits per heavy atom. The van der Waals surface area contributed by atoms with E-state index in [-0.39, 0.29) is 43.4 Å². The number of amides is 2. The molecule has 2 amide bonds. The van der Waals surface area contributed by atoms with Gasteiger partial charge >= 0.3 is 0 Å². The SMILES string of the molecule is [2H]C(C(C)C)N1C([2H])([2H])CCC1([2H])C(=C)NCCC(=C)NCCC(=C)ON1C(=O)CCC1=O. The lowest BCUT2D eigenvalue weighted by molar-refractivity contribution is -0.177. The fraction of sp³-hybridized carbons (Fsp3) is 0.636. The number of likely N-dealkylation sites (tertiary alicyclic amines) is 1. The maximum Gasteiger partial charge on any atom is 0.263 e. The Morgan fingerprint density at radius 1 is 1.24 bits per heavy atom. The Labute approximate surface area is 180 Å². The first-order valence-corrected chi connectivity index (χ1v) is 10.1. The molecule has 0 aromatic carbocycles. The van der Waals surface area contributed by atoms with Crippen molar-refractivity contribution in [3.05, 3.63) is 36.9 Å². The van der Waals surface area contributed by atoms with E-state index in [1.165, 1.54) is 4.90 Å². The summed E-state index contributed by atoms with van der Waals surface area (Å²) in [5, 5.41) is 7.01. The van der Waals surface area contributed by atoms with Crippen LogP contribution in [0.15, 0.2) is 36.9 Å². The molecule has 2 aliphatic heterocycles. The highest BCUT2D eigenvalue weighted by molar-refractivity contribution is 6.00. The zero-order valence-corrected chi connectivity index (χ0v) is 17.6. The summed E-state index contributed by atoms with van der Waals surface area (Å²) in [6, 6.07) is -1.39. The van der Waals surface area contributed by atoms with Crippen molar-refractivity contribution in [2.45, 2.75) is 58.4 Å². The molecule has 2 atom stereocenters. The van der Waals surface area contributed by atoms with E-state index in [4.69, 9.17) is 10.3 Å². The van der Waals surface area contributed by atoms with Crippen LogP contribution in [0.4, 0.5) is 0 Å². The van der Waals surface area contributed by atoms with Crippen LogP contribution in [-0.2, 0) is 14.4 Å². The van der Waals surface area contributed by atoms with E-state index >= 15 is 0 Å². The lowest BCUT2D eigenvalue weighted by atomic mass is 10.1. The number of rotatable bonds is 13. The molecule has 0 saturated carbocycles. The largest absolute Gasteiger partial charge is 0.388 e. The molecule has 0 bridgehead atoms. The van der Waals surface area contributed by atoms with Crippen LogP contribution in [0.2, 0.25) is 0 Å². The van der Waals surface area contributed by atoms with Gasteiger partial charge < -0.3 is 15.5 Å². The predicted molar refractivity (Wildman–Crippen MR) is 114 cm³/mol. The average Bonchev–Trinajstić information content (AvgIpc) is 3.17. The molecule has 2 unspecified atom stereocenters. The van der Waals surface area contributed by atoms with Crippen LogP contribution in [0.1, 0.15) is 57.9 Å². The Kier molecular flexibility index (Phi) is 6.69. The zero-order chi connectivity index (χ0) is 25.0. The third-order valence-electron chi connectivity index (χ3n) is 4.50. The maximum atomic E-state index is 11.6. The Morgan fingerprint density at radius 2 is 1.90 bits per heavy atom. The van der Waals surface area contributed by atoms with Gasteiger partial charge in [0, 0.05) is 66.8 Å². The van der Waals surface area contributed by atoms with Gasteiger partial charge in [-0.25, -0.2) is 0 Å². The van der Waals surface area contributed by atoms with Gasteiger partial charge in [-0.05, 0) is 25.3 Å². The van der Waals surface area contributed by atoms with Gasteiger partial charge in [-0.2, -0.15) is 0 Å². The molecule has 2 rings (SSSR count). The average molecular weight is 409 g/mol. The maximum absolute atomic E-state index is 11.6. The first-order valence-electron chi connectivity index (χ1n) is 12.2. The molecule has 0 radical (unpaired) electrons. The van der Waals surface area contributed by atoms with Crippen LogP contribution < -0.4 is 10.6 Å². The van der Waals surface area contributed by atoms with E-state index in [2.05, 4.69) is 30.4 Å². The molecule has 2 saturated heterocycles. The van der Waals surface area contributed by atoms with Crippen LogP contribution in [-0.4, -0.2) is 53.9 Å². The number of nitrogens with zero attached hydrogens (tertiary/aromatic N) is 2. The monoisotopic (exact) mass is 408 g/mol. The van der Waals surface area contributed by atoms with Crippen molar-refractivity contribution >= 4 is 11.8 Å². The molecule has 2 fully saturated rings. The molecular formula is C22H36N4O3. The summed E-state index contributed by atoms with van der Waals surface area (Å²) >= 11 is 0. The van der Waals surface area contributed by atoms with E-state index in [0.717, 1.165) is 10.8 Å². The standard InChI is InChI=1S/C22H36N4O3/c1-16(2)15-25-14-6-7-20(25)19(5)24-12-10-17(3)23-13-11-18(4)29-26-21(27)8-9-22(26)28/h16,20,23-24H,3-15H2,1-2H3/i14D2,15D,20D. The summed E-state index contributed by atoms with van der Waals surface area (Å²) in [7, 11) is 0.